The normalized spacial score (nSPS) is 15.7. The maximum absolute atomic E-state index is 15.6. The van der Waals surface area contributed by atoms with Crippen molar-refractivity contribution in [3.63, 3.8) is 0 Å². The fourth-order valence-electron chi connectivity index (χ4n) is 8.16. The van der Waals surface area contributed by atoms with Crippen molar-refractivity contribution in [3.8, 4) is 0 Å². The van der Waals surface area contributed by atoms with Gasteiger partial charge in [0.05, 0.1) is 16.3 Å². The van der Waals surface area contributed by atoms with Crippen LogP contribution in [0.2, 0.25) is 0 Å². The number of thiophene rings is 1. The summed E-state index contributed by atoms with van der Waals surface area (Å²) < 4.78 is 73.2. The Kier molecular flexibility index (Phi) is 7.84. The molecule has 0 aliphatic carbocycles. The number of hydrogen-bond acceptors (Lipinski definition) is 3. The fraction of sp³-hybridized carbons (Fsp3) is 0.404. The van der Waals surface area contributed by atoms with Gasteiger partial charge in [0.1, 0.15) is 0 Å². The molecule has 7 heteroatoms. The van der Waals surface area contributed by atoms with E-state index in [2.05, 4.69) is 103 Å². The van der Waals surface area contributed by atoms with E-state index in [0.29, 0.717) is 27.5 Å². The molecule has 282 valence electrons. The summed E-state index contributed by atoms with van der Waals surface area (Å²) in [6.45, 7) is 24.1. The van der Waals surface area contributed by atoms with Gasteiger partial charge < -0.3 is 9.80 Å². The van der Waals surface area contributed by atoms with E-state index in [1.807, 2.05) is 39.0 Å². The first-order valence-corrected chi connectivity index (χ1v) is 19.8. The van der Waals surface area contributed by atoms with Crippen molar-refractivity contribution in [3.05, 3.63) is 111 Å². The number of fused-ring (bicyclic) bond motifs is 4. The second-order valence-electron chi connectivity index (χ2n) is 19.4. The first-order chi connectivity index (χ1) is 26.0. The van der Waals surface area contributed by atoms with Gasteiger partial charge in [0.15, 0.2) is 0 Å². The molecule has 2 aliphatic rings. The second-order valence-corrected chi connectivity index (χ2v) is 20.3. The molecule has 0 atom stereocenters. The Hall–Kier alpha value is -3.97. The van der Waals surface area contributed by atoms with Crippen LogP contribution in [0.3, 0.4) is 0 Å². The van der Waals surface area contributed by atoms with Crippen LogP contribution in [-0.2, 0) is 27.8 Å². The number of aryl methyl sites for hydroxylation is 2. The molecule has 0 fully saturated rings. The third-order valence-electron chi connectivity index (χ3n) is 11.1. The summed E-state index contributed by atoms with van der Waals surface area (Å²) in [7, 11) is 0. The summed E-state index contributed by atoms with van der Waals surface area (Å²) in [6, 6.07) is 21.5. The van der Waals surface area contributed by atoms with Crippen LogP contribution in [-0.4, -0.2) is 6.71 Å². The van der Waals surface area contributed by atoms with Crippen LogP contribution >= 0.6 is 11.3 Å². The minimum Gasteiger partial charge on any atom is -0.311 e. The van der Waals surface area contributed by atoms with Crippen LogP contribution in [0.25, 0.3) is 0 Å². The highest BCUT2D eigenvalue weighted by Crippen LogP contribution is 2.52. The summed E-state index contributed by atoms with van der Waals surface area (Å²) in [5.41, 5.74) is 8.12. The number of nitrogens with zero attached hydrogens (tertiary/aromatic N) is 2. The Morgan fingerprint density at radius 2 is 1.22 bits per heavy atom. The van der Waals surface area contributed by atoms with Gasteiger partial charge in [-0.05, 0) is 127 Å². The number of halogens is 3. The van der Waals surface area contributed by atoms with E-state index in [-0.39, 0.29) is 34.2 Å². The number of rotatable bonds is 2. The van der Waals surface area contributed by atoms with E-state index in [0.717, 1.165) is 44.5 Å². The van der Waals surface area contributed by atoms with Gasteiger partial charge in [-0.2, -0.15) is 13.2 Å². The zero-order chi connectivity index (χ0) is 42.2. The van der Waals surface area contributed by atoms with E-state index < -0.39 is 24.0 Å². The largest absolute Gasteiger partial charge is 0.418 e. The lowest BCUT2D eigenvalue weighted by molar-refractivity contribution is -0.137. The third-order valence-corrected chi connectivity index (χ3v) is 12.1. The van der Waals surface area contributed by atoms with Gasteiger partial charge in [0, 0.05) is 26.9 Å². The van der Waals surface area contributed by atoms with Crippen LogP contribution in [0.5, 0.6) is 0 Å². The monoisotopic (exact) mass is 749 g/mol. The molecule has 0 saturated carbocycles. The third kappa shape index (κ3) is 6.28. The van der Waals surface area contributed by atoms with Gasteiger partial charge in [0.2, 0.25) is 0 Å². The molecule has 2 aliphatic heterocycles. The van der Waals surface area contributed by atoms with E-state index in [1.54, 1.807) is 24.0 Å². The molecule has 0 saturated heterocycles. The molecule has 2 nitrogen and oxygen atoms in total. The van der Waals surface area contributed by atoms with Gasteiger partial charge in [-0.3, -0.25) is 0 Å². The zero-order valence-electron chi connectivity index (χ0n) is 36.9. The summed E-state index contributed by atoms with van der Waals surface area (Å²) in [4.78, 5) is 3.92. The molecule has 54 heavy (non-hydrogen) atoms. The van der Waals surface area contributed by atoms with Crippen molar-refractivity contribution < 1.29 is 17.3 Å². The van der Waals surface area contributed by atoms with Crippen LogP contribution in [0.4, 0.5) is 46.6 Å². The zero-order valence-corrected chi connectivity index (χ0v) is 34.8. The molecule has 0 N–H and O–H groups in total. The molecule has 7 rings (SSSR count). The lowest BCUT2D eigenvalue weighted by atomic mass is 9.33. The Morgan fingerprint density at radius 1 is 0.611 bits per heavy atom. The first-order valence-electron chi connectivity index (χ1n) is 20.4. The fourth-order valence-corrected chi connectivity index (χ4v) is 9.52. The second kappa shape index (κ2) is 12.3. The molecule has 0 amide bonds. The van der Waals surface area contributed by atoms with Crippen LogP contribution < -0.4 is 26.2 Å². The van der Waals surface area contributed by atoms with Crippen molar-refractivity contribution in [1.29, 1.82) is 0 Å². The number of alkyl halides is 3. The molecule has 1 aromatic heterocycles. The van der Waals surface area contributed by atoms with Crippen LogP contribution in [0.1, 0.15) is 126 Å². The number of benzene rings is 4. The Labute approximate surface area is 329 Å². The maximum atomic E-state index is 15.6. The Morgan fingerprint density at radius 3 is 1.80 bits per heavy atom. The van der Waals surface area contributed by atoms with Crippen molar-refractivity contribution in [2.45, 2.75) is 125 Å². The minimum atomic E-state index is -4.69. The average Bonchev–Trinajstić information content (AvgIpc) is 3.51. The molecule has 4 aromatic carbocycles. The highest BCUT2D eigenvalue weighted by atomic mass is 32.1. The first kappa shape index (κ1) is 34.5. The summed E-state index contributed by atoms with van der Waals surface area (Å²) in [5, 5.41) is 2.78. The highest BCUT2D eigenvalue weighted by molar-refractivity contribution is 7.19. The number of anilines is 6. The molecule has 0 spiro atoms. The quantitative estimate of drug-likeness (QED) is 0.162. The topological polar surface area (TPSA) is 6.48 Å². The van der Waals surface area contributed by atoms with E-state index in [4.69, 9.17) is 4.11 Å². The lowest BCUT2D eigenvalue weighted by Crippen LogP contribution is -2.62. The SMILES string of the molecule is [2H]C([2H])([2H])c1cc2c3c(c1)N(c1c(C)cc(C(C)(C)C)cc1C(F)(F)F)c1scc(C(C)(C)C)c1B3c1ccc(C(C)(C)C)cc1N2c1cccc(C(C)(C)C)c1. The van der Waals surface area contributed by atoms with E-state index in [9.17, 15) is 0 Å². The van der Waals surface area contributed by atoms with Crippen molar-refractivity contribution in [2.24, 2.45) is 0 Å². The predicted molar refractivity (Wildman–Crippen MR) is 228 cm³/mol. The highest BCUT2D eigenvalue weighted by Gasteiger charge is 2.48. The number of hydrogen-bond donors (Lipinski definition) is 0. The van der Waals surface area contributed by atoms with Gasteiger partial charge in [0.25, 0.3) is 6.71 Å². The molecular weight excluding hydrogens is 692 g/mol. The Balaban J connectivity index is 1.70. The van der Waals surface area contributed by atoms with Gasteiger partial charge in [-0.25, -0.2) is 0 Å². The molecule has 5 aromatic rings. The predicted octanol–water partition coefficient (Wildman–Crippen LogP) is 12.7. The van der Waals surface area contributed by atoms with Crippen molar-refractivity contribution in [2.75, 3.05) is 9.80 Å². The molecule has 0 unspecified atom stereocenters. The van der Waals surface area contributed by atoms with Gasteiger partial charge in [-0.1, -0.05) is 113 Å². The minimum absolute atomic E-state index is 0.0255. The molecule has 3 heterocycles. The molecule has 0 bridgehead atoms. The van der Waals surface area contributed by atoms with Gasteiger partial charge >= 0.3 is 6.18 Å². The summed E-state index contributed by atoms with van der Waals surface area (Å²) in [6.07, 6.45) is -4.69. The smallest absolute Gasteiger partial charge is 0.311 e. The maximum Gasteiger partial charge on any atom is 0.418 e. The summed E-state index contributed by atoms with van der Waals surface area (Å²) in [5.74, 6) is 0. The Bertz CT molecular complexity index is 2420. The molecule has 0 radical (unpaired) electrons. The van der Waals surface area contributed by atoms with Crippen LogP contribution in [0.15, 0.2) is 72.1 Å². The molecular formula is C47H54BF3N2S. The summed E-state index contributed by atoms with van der Waals surface area (Å²) >= 11 is 1.43. The van der Waals surface area contributed by atoms with Crippen molar-refractivity contribution in [1.82, 2.24) is 0 Å². The van der Waals surface area contributed by atoms with Gasteiger partial charge in [-0.15, -0.1) is 11.3 Å². The van der Waals surface area contributed by atoms with E-state index in [1.165, 1.54) is 17.4 Å². The lowest BCUT2D eigenvalue weighted by Gasteiger charge is -2.45. The van der Waals surface area contributed by atoms with Crippen LogP contribution in [0, 0.1) is 13.8 Å². The average molecular weight is 750 g/mol. The standard InChI is InChI=1S/C47H54BF3N2S/c1-27-20-37-40-38(21-27)53(41-28(2)22-31(45(9,10)11)24-33(41)47(49,50)51)42-39(34(26-54-42)46(12,13)14)48(40)35-19-18-30(44(6,7)8)25-36(35)52(37)32-17-15-16-29(23-32)43(3,4)5/h15-26H,1-14H3/i1D3. The van der Waals surface area contributed by atoms with E-state index >= 15 is 13.2 Å². The van der Waals surface area contributed by atoms with Crippen molar-refractivity contribution >= 4 is 67.9 Å².